The number of aromatic nitrogens is 4. The average molecular weight is 342 g/mol. The Morgan fingerprint density at radius 3 is 2.64 bits per heavy atom. The zero-order valence-corrected chi connectivity index (χ0v) is 15.4. The molecule has 0 unspecified atom stereocenters. The minimum atomic E-state index is -0.170. The summed E-state index contributed by atoms with van der Waals surface area (Å²) in [4.78, 5) is 17.2. The predicted octanol–water partition coefficient (Wildman–Crippen LogP) is 1.67. The van der Waals surface area contributed by atoms with Gasteiger partial charge in [-0.3, -0.25) is 9.48 Å². The van der Waals surface area contributed by atoms with Crippen LogP contribution in [0.2, 0.25) is 0 Å². The molecule has 0 radical (unpaired) electrons. The quantitative estimate of drug-likeness (QED) is 0.849. The Hall–Kier alpha value is -2.44. The van der Waals surface area contributed by atoms with E-state index >= 15 is 0 Å². The summed E-state index contributed by atoms with van der Waals surface area (Å²) in [5, 5.41) is 12.6. The lowest BCUT2D eigenvalue weighted by Gasteiger charge is -2.25. The monoisotopic (exact) mass is 342 g/mol. The summed E-state index contributed by atoms with van der Waals surface area (Å²) in [5.74, 6) is 0.890. The van der Waals surface area contributed by atoms with Gasteiger partial charge in [-0.05, 0) is 39.3 Å². The van der Waals surface area contributed by atoms with E-state index in [9.17, 15) is 4.79 Å². The van der Waals surface area contributed by atoms with Crippen molar-refractivity contribution in [3.8, 4) is 0 Å². The first-order chi connectivity index (χ1) is 12.0. The van der Waals surface area contributed by atoms with Gasteiger partial charge in [-0.2, -0.15) is 10.2 Å². The van der Waals surface area contributed by atoms with Crippen LogP contribution < -0.4 is 4.90 Å². The van der Waals surface area contributed by atoms with Crippen molar-refractivity contribution >= 4 is 11.7 Å². The predicted molar refractivity (Wildman–Crippen MR) is 96.5 cm³/mol. The first-order valence-corrected chi connectivity index (χ1v) is 8.80. The van der Waals surface area contributed by atoms with Crippen molar-refractivity contribution < 1.29 is 4.79 Å². The number of hydrogen-bond acceptors (Lipinski definition) is 5. The topological polar surface area (TPSA) is 67.2 Å². The lowest BCUT2D eigenvalue weighted by molar-refractivity contribution is -0.132. The summed E-state index contributed by atoms with van der Waals surface area (Å²) in [6.07, 6.45) is 2.61. The molecule has 0 saturated carbocycles. The van der Waals surface area contributed by atoms with E-state index in [1.807, 2.05) is 49.5 Å². The van der Waals surface area contributed by atoms with Crippen molar-refractivity contribution in [1.29, 1.82) is 0 Å². The van der Waals surface area contributed by atoms with Crippen molar-refractivity contribution in [1.82, 2.24) is 24.9 Å². The number of hydrogen-bond donors (Lipinski definition) is 0. The van der Waals surface area contributed by atoms with E-state index in [0.29, 0.717) is 6.54 Å². The van der Waals surface area contributed by atoms with Crippen LogP contribution in [0.3, 0.4) is 0 Å². The number of anilines is 1. The number of nitrogens with zero attached hydrogens (tertiary/aromatic N) is 6. The molecular formula is C18H26N6O. The molecule has 1 atom stereocenters. The molecule has 1 saturated heterocycles. The molecule has 3 heterocycles. The van der Waals surface area contributed by atoms with E-state index in [-0.39, 0.29) is 11.8 Å². The van der Waals surface area contributed by atoms with Crippen LogP contribution in [-0.2, 0) is 11.8 Å². The first kappa shape index (κ1) is 17.4. The first-order valence-electron chi connectivity index (χ1n) is 8.80. The largest absolute Gasteiger partial charge is 0.353 e. The zero-order valence-electron chi connectivity index (χ0n) is 15.4. The van der Waals surface area contributed by atoms with Gasteiger partial charge < -0.3 is 9.80 Å². The smallest absolute Gasteiger partial charge is 0.230 e. The fraction of sp³-hybridized carbons (Fsp3) is 0.556. The van der Waals surface area contributed by atoms with Crippen LogP contribution >= 0.6 is 0 Å². The molecule has 25 heavy (non-hydrogen) atoms. The maximum atomic E-state index is 13.1. The molecule has 7 heteroatoms. The lowest BCUT2D eigenvalue weighted by Crippen LogP contribution is -2.38. The maximum absolute atomic E-state index is 13.1. The molecular weight excluding hydrogens is 316 g/mol. The summed E-state index contributed by atoms with van der Waals surface area (Å²) < 4.78 is 1.85. The number of amides is 1. The minimum Gasteiger partial charge on any atom is -0.353 e. The number of carbonyl (C=O) groups excluding carboxylic acids is 1. The second-order valence-corrected chi connectivity index (χ2v) is 6.68. The van der Waals surface area contributed by atoms with Crippen molar-refractivity contribution in [2.75, 3.05) is 31.1 Å². The molecule has 0 N–H and O–H groups in total. The number of carbonyl (C=O) groups is 1. The molecule has 1 aliphatic heterocycles. The minimum absolute atomic E-state index is 0.170. The molecule has 0 aromatic carbocycles. The standard InChI is InChI=1S/C18H26N6O/c1-13(17-14(2)21-22(4)15(17)3)18(25)24-10-6-9-23(11-12-24)16-7-5-8-19-20-16/h5,7-8,13H,6,9-12H2,1-4H3/t13-/m0/s1. The Balaban J connectivity index is 1.71. The SMILES string of the molecule is Cc1nn(C)c(C)c1[C@H](C)C(=O)N1CCCN(c2cccnn2)CC1. The second-order valence-electron chi connectivity index (χ2n) is 6.68. The average Bonchev–Trinajstić information content (AvgIpc) is 2.80. The molecule has 0 aliphatic carbocycles. The molecule has 1 amide bonds. The molecule has 134 valence electrons. The van der Waals surface area contributed by atoms with Crippen LogP contribution in [0.1, 0.15) is 36.2 Å². The maximum Gasteiger partial charge on any atom is 0.230 e. The molecule has 1 fully saturated rings. The normalized spacial score (nSPS) is 16.6. The van der Waals surface area contributed by atoms with Crippen LogP contribution in [0.5, 0.6) is 0 Å². The highest BCUT2D eigenvalue weighted by molar-refractivity contribution is 5.84. The molecule has 0 spiro atoms. The van der Waals surface area contributed by atoms with Crippen molar-refractivity contribution in [2.45, 2.75) is 33.1 Å². The van der Waals surface area contributed by atoms with Gasteiger partial charge in [0.15, 0.2) is 5.82 Å². The van der Waals surface area contributed by atoms with Gasteiger partial charge in [-0.25, -0.2) is 0 Å². The highest BCUT2D eigenvalue weighted by Gasteiger charge is 2.28. The van der Waals surface area contributed by atoms with Crippen molar-refractivity contribution in [3.63, 3.8) is 0 Å². The Kier molecular flexibility index (Phi) is 5.01. The van der Waals surface area contributed by atoms with E-state index < -0.39 is 0 Å². The van der Waals surface area contributed by atoms with Gasteiger partial charge in [0.05, 0.1) is 11.6 Å². The molecule has 1 aliphatic rings. The van der Waals surface area contributed by atoms with Crippen molar-refractivity contribution in [2.24, 2.45) is 7.05 Å². The molecule has 2 aromatic heterocycles. The van der Waals surface area contributed by atoms with Crippen LogP contribution in [0.4, 0.5) is 5.82 Å². The van der Waals surface area contributed by atoms with Gasteiger partial charge in [-0.15, -0.1) is 5.10 Å². The van der Waals surface area contributed by atoms with Gasteiger partial charge >= 0.3 is 0 Å². The Morgan fingerprint density at radius 1 is 1.20 bits per heavy atom. The summed E-state index contributed by atoms with van der Waals surface area (Å²) >= 11 is 0. The molecule has 3 rings (SSSR count). The highest BCUT2D eigenvalue weighted by Crippen LogP contribution is 2.25. The fourth-order valence-corrected chi connectivity index (χ4v) is 3.64. The van der Waals surface area contributed by atoms with E-state index in [4.69, 9.17) is 0 Å². The van der Waals surface area contributed by atoms with E-state index in [2.05, 4.69) is 20.2 Å². The van der Waals surface area contributed by atoms with Gasteiger partial charge in [0.2, 0.25) is 5.91 Å². The third-order valence-corrected chi connectivity index (χ3v) is 5.06. The molecule has 0 bridgehead atoms. The molecule has 7 nitrogen and oxygen atoms in total. The van der Waals surface area contributed by atoms with Gasteiger partial charge in [0.1, 0.15) is 0 Å². The van der Waals surface area contributed by atoms with Crippen LogP contribution in [0.25, 0.3) is 0 Å². The highest BCUT2D eigenvalue weighted by atomic mass is 16.2. The summed E-state index contributed by atoms with van der Waals surface area (Å²) in [6.45, 7) is 9.15. The summed E-state index contributed by atoms with van der Waals surface area (Å²) in [6, 6.07) is 3.86. The zero-order chi connectivity index (χ0) is 18.0. The lowest BCUT2D eigenvalue weighted by atomic mass is 9.97. The van der Waals surface area contributed by atoms with E-state index in [0.717, 1.165) is 48.8 Å². The van der Waals surface area contributed by atoms with Crippen molar-refractivity contribution in [3.05, 3.63) is 35.3 Å². The summed E-state index contributed by atoms with van der Waals surface area (Å²) in [7, 11) is 1.92. The Labute approximate surface area is 148 Å². The van der Waals surface area contributed by atoms with E-state index in [1.54, 1.807) is 6.20 Å². The van der Waals surface area contributed by atoms with Crippen LogP contribution in [-0.4, -0.2) is 57.0 Å². The second kappa shape index (κ2) is 7.21. The van der Waals surface area contributed by atoms with Gasteiger partial charge in [0.25, 0.3) is 0 Å². The summed E-state index contributed by atoms with van der Waals surface area (Å²) in [5.41, 5.74) is 3.06. The third kappa shape index (κ3) is 3.50. The third-order valence-electron chi connectivity index (χ3n) is 5.06. The fourth-order valence-electron chi connectivity index (χ4n) is 3.64. The van der Waals surface area contributed by atoms with Gasteiger partial charge in [0, 0.05) is 50.7 Å². The van der Waals surface area contributed by atoms with Crippen LogP contribution in [0, 0.1) is 13.8 Å². The van der Waals surface area contributed by atoms with E-state index in [1.165, 1.54) is 0 Å². The van der Waals surface area contributed by atoms with Crippen LogP contribution in [0.15, 0.2) is 18.3 Å². The number of rotatable bonds is 3. The number of aryl methyl sites for hydroxylation is 2. The Bertz CT molecular complexity index is 742. The Morgan fingerprint density at radius 2 is 2.00 bits per heavy atom. The molecule has 2 aromatic rings. The van der Waals surface area contributed by atoms with Gasteiger partial charge in [-0.1, -0.05) is 0 Å².